The lowest BCUT2D eigenvalue weighted by atomic mass is 10.3. The molecule has 0 aliphatic heterocycles. The molecule has 0 spiro atoms. The molecule has 1 aromatic carbocycles. The van der Waals surface area contributed by atoms with Crippen molar-refractivity contribution in [2.75, 3.05) is 29.1 Å². The van der Waals surface area contributed by atoms with Crippen molar-refractivity contribution in [3.8, 4) is 0 Å². The molecular weight excluding hydrogens is 332 g/mol. The molecule has 1 heterocycles. The highest BCUT2D eigenvalue weighted by Gasteiger charge is 2.06. The molecular formula is C15H19ClN6O2. The van der Waals surface area contributed by atoms with Crippen LogP contribution in [0.5, 0.6) is 0 Å². The van der Waals surface area contributed by atoms with E-state index in [0.29, 0.717) is 24.1 Å². The highest BCUT2D eigenvalue weighted by Crippen LogP contribution is 2.10. The molecule has 0 fully saturated rings. The van der Waals surface area contributed by atoms with E-state index in [-0.39, 0.29) is 17.9 Å². The van der Waals surface area contributed by atoms with E-state index in [2.05, 4.69) is 30.9 Å². The summed E-state index contributed by atoms with van der Waals surface area (Å²) in [5.41, 5.74) is 0.670. The minimum absolute atomic E-state index is 0.0818. The molecule has 128 valence electrons. The Labute approximate surface area is 145 Å². The fourth-order valence-corrected chi connectivity index (χ4v) is 1.89. The van der Waals surface area contributed by atoms with Crippen molar-refractivity contribution in [3.63, 3.8) is 0 Å². The van der Waals surface area contributed by atoms with E-state index in [1.165, 1.54) is 0 Å². The van der Waals surface area contributed by atoms with Crippen molar-refractivity contribution in [1.82, 2.24) is 15.0 Å². The first-order valence-electron chi connectivity index (χ1n) is 7.44. The van der Waals surface area contributed by atoms with Crippen LogP contribution in [0.1, 0.15) is 13.8 Å². The summed E-state index contributed by atoms with van der Waals surface area (Å²) in [7, 11) is 0. The second-order valence-corrected chi connectivity index (χ2v) is 5.44. The fourth-order valence-electron chi connectivity index (χ4n) is 1.73. The van der Waals surface area contributed by atoms with Gasteiger partial charge < -0.3 is 15.4 Å². The normalized spacial score (nSPS) is 10.3. The van der Waals surface area contributed by atoms with Crippen LogP contribution in [0.2, 0.25) is 5.28 Å². The molecule has 3 N–H and O–H groups in total. The summed E-state index contributed by atoms with van der Waals surface area (Å²) in [6.07, 6.45) is -0.529. The summed E-state index contributed by atoms with van der Waals surface area (Å²) >= 11 is 5.85. The van der Waals surface area contributed by atoms with Gasteiger partial charge in [0.1, 0.15) is 6.61 Å². The number of halogens is 1. The number of carbonyl (C=O) groups is 1. The number of nitrogens with one attached hydrogen (secondary N) is 3. The van der Waals surface area contributed by atoms with Gasteiger partial charge in [0.15, 0.2) is 0 Å². The summed E-state index contributed by atoms with van der Waals surface area (Å²) in [5.74, 6) is 0.695. The zero-order valence-electron chi connectivity index (χ0n) is 13.4. The number of hydrogen-bond acceptors (Lipinski definition) is 7. The molecule has 8 nitrogen and oxygen atoms in total. The zero-order valence-corrected chi connectivity index (χ0v) is 14.2. The van der Waals surface area contributed by atoms with Crippen molar-refractivity contribution in [3.05, 3.63) is 35.6 Å². The Hall–Kier alpha value is -2.61. The van der Waals surface area contributed by atoms with Gasteiger partial charge in [-0.2, -0.15) is 15.0 Å². The fraction of sp³-hybridized carbons (Fsp3) is 0.333. The van der Waals surface area contributed by atoms with E-state index in [4.69, 9.17) is 16.3 Å². The third-order valence-corrected chi connectivity index (χ3v) is 2.83. The predicted octanol–water partition coefficient (Wildman–Crippen LogP) is 3.01. The van der Waals surface area contributed by atoms with Crippen molar-refractivity contribution in [2.45, 2.75) is 19.9 Å². The zero-order chi connectivity index (χ0) is 17.4. The molecule has 1 amide bonds. The second kappa shape index (κ2) is 8.88. The monoisotopic (exact) mass is 350 g/mol. The third-order valence-electron chi connectivity index (χ3n) is 2.66. The van der Waals surface area contributed by atoms with Crippen LogP contribution in [0.4, 0.5) is 22.4 Å². The van der Waals surface area contributed by atoms with Crippen molar-refractivity contribution >= 4 is 35.3 Å². The number of para-hydroxylation sites is 1. The molecule has 0 atom stereocenters. The lowest BCUT2D eigenvalue weighted by Crippen LogP contribution is -2.20. The molecule has 2 aromatic rings. The Bertz CT molecular complexity index is 668. The van der Waals surface area contributed by atoms with E-state index in [1.54, 1.807) is 12.1 Å². The summed E-state index contributed by atoms with van der Waals surface area (Å²) in [6, 6.07) is 9.23. The maximum atomic E-state index is 11.6. The summed E-state index contributed by atoms with van der Waals surface area (Å²) < 4.78 is 5.06. The number of rotatable bonds is 7. The maximum Gasteiger partial charge on any atom is 0.411 e. The van der Waals surface area contributed by atoms with Crippen LogP contribution in [0.3, 0.4) is 0 Å². The molecule has 0 aliphatic rings. The number of carbonyl (C=O) groups excluding carboxylic acids is 1. The number of anilines is 3. The van der Waals surface area contributed by atoms with Gasteiger partial charge in [-0.05, 0) is 37.6 Å². The van der Waals surface area contributed by atoms with Gasteiger partial charge in [0.25, 0.3) is 0 Å². The van der Waals surface area contributed by atoms with Gasteiger partial charge in [-0.1, -0.05) is 18.2 Å². The first-order valence-corrected chi connectivity index (χ1v) is 7.81. The lowest BCUT2D eigenvalue weighted by Gasteiger charge is -2.10. The molecule has 9 heteroatoms. The number of amides is 1. The lowest BCUT2D eigenvalue weighted by molar-refractivity contribution is 0.166. The van der Waals surface area contributed by atoms with Crippen LogP contribution in [-0.4, -0.2) is 40.2 Å². The van der Waals surface area contributed by atoms with E-state index >= 15 is 0 Å². The minimum atomic E-state index is -0.529. The molecule has 2 rings (SSSR count). The summed E-state index contributed by atoms with van der Waals surface area (Å²) in [6.45, 7) is 4.41. The van der Waals surface area contributed by atoms with Gasteiger partial charge in [0, 0.05) is 11.7 Å². The Balaban J connectivity index is 1.75. The smallest absolute Gasteiger partial charge is 0.411 e. The van der Waals surface area contributed by atoms with E-state index in [0.717, 1.165) is 0 Å². The molecule has 24 heavy (non-hydrogen) atoms. The van der Waals surface area contributed by atoms with E-state index in [9.17, 15) is 4.79 Å². The van der Waals surface area contributed by atoms with E-state index < -0.39 is 6.09 Å². The molecule has 0 saturated carbocycles. The highest BCUT2D eigenvalue weighted by atomic mass is 35.5. The first-order chi connectivity index (χ1) is 11.5. The van der Waals surface area contributed by atoms with Crippen LogP contribution in [0.15, 0.2) is 30.3 Å². The van der Waals surface area contributed by atoms with Crippen molar-refractivity contribution in [1.29, 1.82) is 0 Å². The Kier molecular flexibility index (Phi) is 6.56. The topological polar surface area (TPSA) is 101 Å². The Morgan fingerprint density at radius 3 is 2.58 bits per heavy atom. The van der Waals surface area contributed by atoms with Crippen LogP contribution in [-0.2, 0) is 4.74 Å². The van der Waals surface area contributed by atoms with Crippen LogP contribution in [0.25, 0.3) is 0 Å². The minimum Gasteiger partial charge on any atom is -0.447 e. The second-order valence-electron chi connectivity index (χ2n) is 5.10. The van der Waals surface area contributed by atoms with Gasteiger partial charge in [0.05, 0.1) is 6.54 Å². The highest BCUT2D eigenvalue weighted by molar-refractivity contribution is 6.28. The van der Waals surface area contributed by atoms with Gasteiger partial charge in [-0.3, -0.25) is 5.32 Å². The van der Waals surface area contributed by atoms with Crippen molar-refractivity contribution < 1.29 is 9.53 Å². The van der Waals surface area contributed by atoms with Gasteiger partial charge in [-0.15, -0.1) is 0 Å². The molecule has 0 aliphatic carbocycles. The Morgan fingerprint density at radius 1 is 1.17 bits per heavy atom. The average Bonchev–Trinajstić information content (AvgIpc) is 2.51. The molecule has 0 unspecified atom stereocenters. The molecule has 0 radical (unpaired) electrons. The van der Waals surface area contributed by atoms with Gasteiger partial charge in [0.2, 0.25) is 17.2 Å². The number of hydrogen-bond donors (Lipinski definition) is 3. The van der Waals surface area contributed by atoms with Gasteiger partial charge in [-0.25, -0.2) is 4.79 Å². The van der Waals surface area contributed by atoms with E-state index in [1.807, 2.05) is 32.0 Å². The van der Waals surface area contributed by atoms with Crippen LogP contribution in [0, 0.1) is 0 Å². The number of nitrogens with zero attached hydrogens (tertiary/aromatic N) is 3. The number of ether oxygens (including phenoxy) is 1. The SMILES string of the molecule is CC(C)Nc1nc(Cl)nc(NCCOC(=O)Nc2ccccc2)n1. The molecule has 0 saturated heterocycles. The van der Waals surface area contributed by atoms with Crippen LogP contribution < -0.4 is 16.0 Å². The number of aromatic nitrogens is 3. The summed E-state index contributed by atoms with van der Waals surface area (Å²) in [4.78, 5) is 23.7. The standard InChI is InChI=1S/C15H19ClN6O2/c1-10(2)18-14-21-12(16)20-13(22-14)17-8-9-24-15(23)19-11-6-4-3-5-7-11/h3-7,10H,8-9H2,1-2H3,(H,19,23)(H2,17,18,20,21,22). The maximum absolute atomic E-state index is 11.6. The third kappa shape index (κ3) is 6.25. The Morgan fingerprint density at radius 2 is 1.88 bits per heavy atom. The predicted molar refractivity (Wildman–Crippen MR) is 93.5 cm³/mol. The molecule has 0 bridgehead atoms. The largest absolute Gasteiger partial charge is 0.447 e. The average molecular weight is 351 g/mol. The molecule has 1 aromatic heterocycles. The van der Waals surface area contributed by atoms with Crippen molar-refractivity contribution in [2.24, 2.45) is 0 Å². The summed E-state index contributed by atoms with van der Waals surface area (Å²) in [5, 5.41) is 8.67. The first kappa shape index (κ1) is 17.7. The number of benzene rings is 1. The quantitative estimate of drug-likeness (QED) is 0.660. The van der Waals surface area contributed by atoms with Crippen LogP contribution >= 0.6 is 11.6 Å². The van der Waals surface area contributed by atoms with Gasteiger partial charge >= 0.3 is 6.09 Å².